The SMILES string of the molecule is CNCC1CCCN1S(=O)(=O)c1ccccc1OC. The molecule has 1 aliphatic heterocycles. The summed E-state index contributed by atoms with van der Waals surface area (Å²) in [7, 11) is -0.155. The molecule has 0 aliphatic carbocycles. The van der Waals surface area contributed by atoms with Gasteiger partial charge in [-0.2, -0.15) is 4.31 Å². The molecule has 1 fully saturated rings. The van der Waals surface area contributed by atoms with Crippen LogP contribution in [0.25, 0.3) is 0 Å². The van der Waals surface area contributed by atoms with Crippen molar-refractivity contribution in [3.8, 4) is 5.75 Å². The normalized spacial score (nSPS) is 20.6. The van der Waals surface area contributed by atoms with E-state index in [-0.39, 0.29) is 10.9 Å². The first-order valence-electron chi connectivity index (χ1n) is 6.40. The Bertz CT molecular complexity index is 530. The van der Waals surface area contributed by atoms with Crippen molar-refractivity contribution >= 4 is 10.0 Å². The van der Waals surface area contributed by atoms with Gasteiger partial charge >= 0.3 is 0 Å². The summed E-state index contributed by atoms with van der Waals surface area (Å²) in [5.41, 5.74) is 0. The van der Waals surface area contributed by atoms with Crippen LogP contribution in [0.4, 0.5) is 0 Å². The predicted octanol–water partition coefficient (Wildman–Crippen LogP) is 1.07. The van der Waals surface area contributed by atoms with E-state index in [1.165, 1.54) is 7.11 Å². The number of nitrogens with one attached hydrogen (secondary N) is 1. The number of hydrogen-bond donors (Lipinski definition) is 1. The molecule has 1 aliphatic rings. The van der Waals surface area contributed by atoms with Crippen LogP contribution in [0.2, 0.25) is 0 Å². The van der Waals surface area contributed by atoms with Crippen LogP contribution in [-0.4, -0.2) is 46.0 Å². The zero-order chi connectivity index (χ0) is 13.9. The summed E-state index contributed by atoms with van der Waals surface area (Å²) in [6, 6.07) is 6.80. The van der Waals surface area contributed by atoms with Gasteiger partial charge in [0.25, 0.3) is 0 Å². The molecule has 1 N–H and O–H groups in total. The van der Waals surface area contributed by atoms with Gasteiger partial charge in [0, 0.05) is 19.1 Å². The topological polar surface area (TPSA) is 58.6 Å². The van der Waals surface area contributed by atoms with E-state index in [2.05, 4.69) is 5.32 Å². The first-order valence-corrected chi connectivity index (χ1v) is 7.84. The van der Waals surface area contributed by atoms with E-state index in [4.69, 9.17) is 4.74 Å². The lowest BCUT2D eigenvalue weighted by atomic mass is 10.2. The van der Waals surface area contributed by atoms with Gasteiger partial charge in [0.05, 0.1) is 7.11 Å². The number of hydrogen-bond acceptors (Lipinski definition) is 4. The molecule has 1 atom stereocenters. The Kier molecular flexibility index (Phi) is 4.44. The molecule has 0 bridgehead atoms. The van der Waals surface area contributed by atoms with Crippen LogP contribution < -0.4 is 10.1 Å². The Morgan fingerprint density at radius 3 is 2.84 bits per heavy atom. The molecule has 1 heterocycles. The van der Waals surface area contributed by atoms with E-state index < -0.39 is 10.0 Å². The molecule has 1 aromatic rings. The largest absolute Gasteiger partial charge is 0.495 e. The van der Waals surface area contributed by atoms with Crippen LogP contribution in [0.1, 0.15) is 12.8 Å². The second-order valence-electron chi connectivity index (χ2n) is 4.62. The molecular weight excluding hydrogens is 264 g/mol. The molecule has 1 unspecified atom stereocenters. The van der Waals surface area contributed by atoms with Gasteiger partial charge in [0.15, 0.2) is 0 Å². The first kappa shape index (κ1) is 14.3. The second-order valence-corrected chi connectivity index (χ2v) is 6.48. The quantitative estimate of drug-likeness (QED) is 0.878. The lowest BCUT2D eigenvalue weighted by molar-refractivity contribution is 0.370. The monoisotopic (exact) mass is 284 g/mol. The van der Waals surface area contributed by atoms with Crippen molar-refractivity contribution in [2.24, 2.45) is 0 Å². The maximum absolute atomic E-state index is 12.7. The molecule has 5 nitrogen and oxygen atoms in total. The molecule has 1 saturated heterocycles. The summed E-state index contributed by atoms with van der Waals surface area (Å²) < 4.78 is 32.2. The van der Waals surface area contributed by atoms with E-state index in [9.17, 15) is 8.42 Å². The first-order chi connectivity index (χ1) is 9.11. The standard InChI is InChI=1S/C13H20N2O3S/c1-14-10-11-6-5-9-15(11)19(16,17)13-8-4-3-7-12(13)18-2/h3-4,7-8,11,14H,5-6,9-10H2,1-2H3. The molecule has 0 amide bonds. The van der Waals surface area contributed by atoms with Crippen molar-refractivity contribution in [2.45, 2.75) is 23.8 Å². The Labute approximate surface area is 114 Å². The molecule has 0 aromatic heterocycles. The summed E-state index contributed by atoms with van der Waals surface area (Å²) >= 11 is 0. The van der Waals surface area contributed by atoms with Crippen LogP contribution in [0.15, 0.2) is 29.2 Å². The van der Waals surface area contributed by atoms with Crippen molar-refractivity contribution in [3.63, 3.8) is 0 Å². The van der Waals surface area contributed by atoms with Crippen molar-refractivity contribution in [3.05, 3.63) is 24.3 Å². The average Bonchev–Trinajstić information content (AvgIpc) is 2.88. The highest BCUT2D eigenvalue weighted by atomic mass is 32.2. The third-order valence-corrected chi connectivity index (χ3v) is 5.41. The molecule has 1 aromatic carbocycles. The average molecular weight is 284 g/mol. The lowest BCUT2D eigenvalue weighted by Crippen LogP contribution is -2.40. The predicted molar refractivity (Wildman–Crippen MR) is 73.8 cm³/mol. The molecule has 0 radical (unpaired) electrons. The number of para-hydroxylation sites is 1. The van der Waals surface area contributed by atoms with Crippen LogP contribution in [0.5, 0.6) is 5.75 Å². The van der Waals surface area contributed by atoms with Gasteiger partial charge in [0.2, 0.25) is 10.0 Å². The zero-order valence-corrected chi connectivity index (χ0v) is 12.1. The second kappa shape index (κ2) is 5.90. The highest BCUT2D eigenvalue weighted by Gasteiger charge is 2.36. The fraction of sp³-hybridized carbons (Fsp3) is 0.538. The fourth-order valence-electron chi connectivity index (χ4n) is 2.52. The summed E-state index contributed by atoms with van der Waals surface area (Å²) in [4.78, 5) is 0.250. The van der Waals surface area contributed by atoms with Gasteiger partial charge in [-0.1, -0.05) is 12.1 Å². The maximum atomic E-state index is 12.7. The summed E-state index contributed by atoms with van der Waals surface area (Å²) in [5.74, 6) is 0.401. The number of methoxy groups -OCH3 is 1. The maximum Gasteiger partial charge on any atom is 0.247 e. The minimum atomic E-state index is -3.48. The Morgan fingerprint density at radius 2 is 2.16 bits per heavy atom. The van der Waals surface area contributed by atoms with E-state index in [0.717, 1.165) is 12.8 Å². The van der Waals surface area contributed by atoms with Gasteiger partial charge in [-0.15, -0.1) is 0 Å². The molecule has 2 rings (SSSR count). The van der Waals surface area contributed by atoms with Gasteiger partial charge in [-0.05, 0) is 32.0 Å². The van der Waals surface area contributed by atoms with Gasteiger partial charge in [0.1, 0.15) is 10.6 Å². The van der Waals surface area contributed by atoms with Crippen LogP contribution in [0, 0.1) is 0 Å². The third-order valence-electron chi connectivity index (χ3n) is 3.42. The molecule has 6 heteroatoms. The highest BCUT2D eigenvalue weighted by molar-refractivity contribution is 7.89. The Balaban J connectivity index is 2.36. The van der Waals surface area contributed by atoms with Gasteiger partial charge in [-0.3, -0.25) is 0 Å². The number of likely N-dealkylation sites (N-methyl/N-ethyl adjacent to an activating group) is 1. The lowest BCUT2D eigenvalue weighted by Gasteiger charge is -2.24. The smallest absolute Gasteiger partial charge is 0.247 e. The van der Waals surface area contributed by atoms with Gasteiger partial charge in [-0.25, -0.2) is 8.42 Å². The molecular formula is C13H20N2O3S. The van der Waals surface area contributed by atoms with Crippen LogP contribution >= 0.6 is 0 Å². The number of benzene rings is 1. The number of rotatable bonds is 5. The summed E-state index contributed by atoms with van der Waals surface area (Å²) in [5, 5.41) is 3.05. The van der Waals surface area contributed by atoms with Crippen LogP contribution in [-0.2, 0) is 10.0 Å². The number of nitrogens with zero attached hydrogens (tertiary/aromatic N) is 1. The summed E-state index contributed by atoms with van der Waals surface area (Å²) in [6.45, 7) is 1.25. The Morgan fingerprint density at radius 1 is 1.42 bits per heavy atom. The highest BCUT2D eigenvalue weighted by Crippen LogP contribution is 2.30. The van der Waals surface area contributed by atoms with E-state index in [0.29, 0.717) is 18.8 Å². The number of sulfonamides is 1. The molecule has 106 valence electrons. The molecule has 0 saturated carbocycles. The van der Waals surface area contributed by atoms with Gasteiger partial charge < -0.3 is 10.1 Å². The zero-order valence-electron chi connectivity index (χ0n) is 11.3. The van der Waals surface area contributed by atoms with E-state index in [1.54, 1.807) is 28.6 Å². The Hall–Kier alpha value is -1.11. The minimum Gasteiger partial charge on any atom is -0.495 e. The van der Waals surface area contributed by atoms with Crippen molar-refractivity contribution in [1.82, 2.24) is 9.62 Å². The molecule has 19 heavy (non-hydrogen) atoms. The third kappa shape index (κ3) is 2.75. The minimum absolute atomic E-state index is 0.0277. The molecule has 0 spiro atoms. The van der Waals surface area contributed by atoms with Crippen LogP contribution in [0.3, 0.4) is 0 Å². The van der Waals surface area contributed by atoms with E-state index >= 15 is 0 Å². The fourth-order valence-corrected chi connectivity index (χ4v) is 4.37. The summed E-state index contributed by atoms with van der Waals surface area (Å²) in [6.07, 6.45) is 1.80. The van der Waals surface area contributed by atoms with Crippen molar-refractivity contribution in [1.29, 1.82) is 0 Å². The number of ether oxygens (including phenoxy) is 1. The van der Waals surface area contributed by atoms with Crippen molar-refractivity contribution < 1.29 is 13.2 Å². The van der Waals surface area contributed by atoms with E-state index in [1.807, 2.05) is 7.05 Å². The van der Waals surface area contributed by atoms with Crippen molar-refractivity contribution in [2.75, 3.05) is 27.2 Å².